The smallest absolute Gasteiger partial charge is 0.326 e. The number of fused-ring (bicyclic) bond motifs is 1. The van der Waals surface area contributed by atoms with E-state index in [9.17, 15) is 14.7 Å². The fourth-order valence-corrected chi connectivity index (χ4v) is 3.23. The number of rotatable bonds is 4. The highest BCUT2D eigenvalue weighted by molar-refractivity contribution is 5.86. The first-order valence-electron chi connectivity index (χ1n) is 8.48. The molecule has 2 amide bonds. The van der Waals surface area contributed by atoms with Crippen molar-refractivity contribution < 1.29 is 14.7 Å². The van der Waals surface area contributed by atoms with Crippen LogP contribution in [0.2, 0.25) is 0 Å². The van der Waals surface area contributed by atoms with Crippen LogP contribution >= 0.6 is 0 Å². The highest BCUT2D eigenvalue weighted by Gasteiger charge is 2.24. The Kier molecular flexibility index (Phi) is 5.03. The Hall–Kier alpha value is -2.50. The van der Waals surface area contributed by atoms with Crippen molar-refractivity contribution in [2.75, 3.05) is 13.1 Å². The number of nitrogens with one attached hydrogen (secondary N) is 2. The number of hydrogen-bond acceptors (Lipinski definition) is 2. The maximum atomic E-state index is 12.4. The summed E-state index contributed by atoms with van der Waals surface area (Å²) >= 11 is 0. The second-order valence-electron chi connectivity index (χ2n) is 6.31. The van der Waals surface area contributed by atoms with Gasteiger partial charge in [0.15, 0.2) is 0 Å². The predicted molar refractivity (Wildman–Crippen MR) is 92.0 cm³/mol. The number of benzene rings is 1. The molecule has 2 heterocycles. The van der Waals surface area contributed by atoms with E-state index in [0.29, 0.717) is 13.1 Å². The summed E-state index contributed by atoms with van der Waals surface area (Å²) in [6.07, 6.45) is 6.29. The van der Waals surface area contributed by atoms with Crippen molar-refractivity contribution in [2.24, 2.45) is 0 Å². The molecule has 6 nitrogen and oxygen atoms in total. The molecule has 0 unspecified atom stereocenters. The molecule has 1 aromatic heterocycles. The zero-order valence-electron chi connectivity index (χ0n) is 13.6. The molecule has 128 valence electrons. The number of aliphatic carboxylic acids is 1. The lowest BCUT2D eigenvalue weighted by Gasteiger charge is -2.23. The quantitative estimate of drug-likeness (QED) is 0.806. The number of nitrogens with zero attached hydrogens (tertiary/aromatic N) is 1. The number of carbonyl (C=O) groups excluding carboxylic acids is 1. The summed E-state index contributed by atoms with van der Waals surface area (Å²) in [6.45, 7) is 1.40. The Morgan fingerprint density at radius 3 is 2.58 bits per heavy atom. The number of carboxylic acids is 1. The Balaban J connectivity index is 1.70. The van der Waals surface area contributed by atoms with Gasteiger partial charge in [0.05, 0.1) is 0 Å². The van der Waals surface area contributed by atoms with Gasteiger partial charge in [-0.1, -0.05) is 31.0 Å². The Bertz CT molecular complexity index is 717. The monoisotopic (exact) mass is 329 g/mol. The van der Waals surface area contributed by atoms with E-state index in [2.05, 4.69) is 10.3 Å². The van der Waals surface area contributed by atoms with Gasteiger partial charge in [-0.25, -0.2) is 9.59 Å². The van der Waals surface area contributed by atoms with Crippen molar-refractivity contribution in [1.82, 2.24) is 15.2 Å². The molecular weight excluding hydrogens is 306 g/mol. The zero-order chi connectivity index (χ0) is 16.9. The summed E-state index contributed by atoms with van der Waals surface area (Å²) in [5.74, 6) is -1.01. The van der Waals surface area contributed by atoms with Crippen LogP contribution in [0.15, 0.2) is 30.5 Å². The second-order valence-corrected chi connectivity index (χ2v) is 6.31. The largest absolute Gasteiger partial charge is 0.480 e. The fraction of sp³-hybridized carbons (Fsp3) is 0.444. The van der Waals surface area contributed by atoms with E-state index in [1.807, 2.05) is 30.5 Å². The molecule has 3 rings (SSSR count). The number of para-hydroxylation sites is 1. The number of hydrogen-bond donors (Lipinski definition) is 3. The molecule has 1 atom stereocenters. The van der Waals surface area contributed by atoms with Crippen LogP contribution in [0.25, 0.3) is 10.9 Å². The number of likely N-dealkylation sites (tertiary alicyclic amines) is 1. The Morgan fingerprint density at radius 2 is 1.88 bits per heavy atom. The molecule has 1 fully saturated rings. The number of urea groups is 1. The third kappa shape index (κ3) is 3.69. The molecule has 1 aliphatic heterocycles. The molecule has 1 aromatic carbocycles. The first kappa shape index (κ1) is 16.4. The first-order chi connectivity index (χ1) is 11.6. The van der Waals surface area contributed by atoms with Crippen molar-refractivity contribution in [2.45, 2.75) is 38.1 Å². The number of amides is 2. The molecule has 6 heteroatoms. The van der Waals surface area contributed by atoms with Crippen LogP contribution in [0.5, 0.6) is 0 Å². The lowest BCUT2D eigenvalue weighted by molar-refractivity contribution is -0.139. The normalized spacial score (nSPS) is 16.6. The maximum Gasteiger partial charge on any atom is 0.326 e. The van der Waals surface area contributed by atoms with Crippen LogP contribution in [0, 0.1) is 0 Å². The minimum atomic E-state index is -1.01. The number of aromatic nitrogens is 1. The van der Waals surface area contributed by atoms with Crippen LogP contribution in [-0.2, 0) is 11.2 Å². The molecule has 2 aromatic rings. The zero-order valence-corrected chi connectivity index (χ0v) is 13.6. The molecule has 0 radical (unpaired) electrons. The van der Waals surface area contributed by atoms with Gasteiger partial charge in [-0.15, -0.1) is 0 Å². The van der Waals surface area contributed by atoms with Gasteiger partial charge in [-0.05, 0) is 24.5 Å². The van der Waals surface area contributed by atoms with Gasteiger partial charge in [-0.2, -0.15) is 0 Å². The summed E-state index contributed by atoms with van der Waals surface area (Å²) in [4.78, 5) is 28.9. The minimum absolute atomic E-state index is 0.263. The van der Waals surface area contributed by atoms with Crippen molar-refractivity contribution in [3.05, 3.63) is 36.0 Å². The molecule has 0 bridgehead atoms. The molecule has 1 aliphatic rings. The van der Waals surface area contributed by atoms with E-state index in [1.54, 1.807) is 4.90 Å². The maximum absolute atomic E-state index is 12.4. The summed E-state index contributed by atoms with van der Waals surface area (Å²) in [5.41, 5.74) is 1.87. The highest BCUT2D eigenvalue weighted by atomic mass is 16.4. The Morgan fingerprint density at radius 1 is 1.17 bits per heavy atom. The number of aromatic amines is 1. The number of carboxylic acid groups (broad SMARTS) is 1. The van der Waals surface area contributed by atoms with E-state index < -0.39 is 12.0 Å². The lowest BCUT2D eigenvalue weighted by atomic mass is 10.1. The van der Waals surface area contributed by atoms with Gasteiger partial charge in [0.1, 0.15) is 6.04 Å². The van der Waals surface area contributed by atoms with Crippen LogP contribution in [0.3, 0.4) is 0 Å². The fourth-order valence-electron chi connectivity index (χ4n) is 3.23. The third-order valence-electron chi connectivity index (χ3n) is 4.59. The van der Waals surface area contributed by atoms with E-state index in [1.165, 1.54) is 0 Å². The molecular formula is C18H23N3O3. The van der Waals surface area contributed by atoms with Gasteiger partial charge in [0.25, 0.3) is 0 Å². The topological polar surface area (TPSA) is 85.4 Å². The van der Waals surface area contributed by atoms with Crippen LogP contribution < -0.4 is 5.32 Å². The third-order valence-corrected chi connectivity index (χ3v) is 4.59. The van der Waals surface area contributed by atoms with Gasteiger partial charge in [0, 0.05) is 36.6 Å². The van der Waals surface area contributed by atoms with E-state index in [-0.39, 0.29) is 12.5 Å². The molecule has 3 N–H and O–H groups in total. The van der Waals surface area contributed by atoms with Crippen molar-refractivity contribution in [3.8, 4) is 0 Å². The first-order valence-corrected chi connectivity index (χ1v) is 8.48. The molecule has 0 spiro atoms. The minimum Gasteiger partial charge on any atom is -0.480 e. The van der Waals surface area contributed by atoms with E-state index in [0.717, 1.165) is 42.1 Å². The van der Waals surface area contributed by atoms with Crippen LogP contribution in [0.4, 0.5) is 4.79 Å². The van der Waals surface area contributed by atoms with Gasteiger partial charge in [0.2, 0.25) is 0 Å². The average molecular weight is 329 g/mol. The molecule has 0 saturated carbocycles. The SMILES string of the molecule is O=C(O)[C@H](Cc1c[nH]c2ccccc12)NC(=O)N1CCCCCC1. The van der Waals surface area contributed by atoms with E-state index in [4.69, 9.17) is 0 Å². The summed E-state index contributed by atoms with van der Waals surface area (Å²) in [6, 6.07) is 6.55. The predicted octanol–water partition coefficient (Wildman–Crippen LogP) is 2.75. The van der Waals surface area contributed by atoms with Gasteiger partial charge < -0.3 is 20.3 Å². The van der Waals surface area contributed by atoms with Crippen molar-refractivity contribution >= 4 is 22.9 Å². The highest BCUT2D eigenvalue weighted by Crippen LogP contribution is 2.19. The van der Waals surface area contributed by atoms with Crippen molar-refractivity contribution in [1.29, 1.82) is 0 Å². The average Bonchev–Trinajstić information content (AvgIpc) is 2.80. The summed E-state index contributed by atoms with van der Waals surface area (Å²) in [7, 11) is 0. The standard InChI is InChI=1S/C18H23N3O3/c22-17(23)16(20-18(24)21-9-5-1-2-6-10-21)11-13-12-19-15-8-4-3-7-14(13)15/h3-4,7-8,12,16,19H,1-2,5-6,9-11H2,(H,20,24)(H,22,23)/t16-/m0/s1. The van der Waals surface area contributed by atoms with Crippen LogP contribution in [-0.4, -0.2) is 46.1 Å². The van der Waals surface area contributed by atoms with Crippen molar-refractivity contribution in [3.63, 3.8) is 0 Å². The number of carbonyl (C=O) groups is 2. The van der Waals surface area contributed by atoms with Gasteiger partial charge >= 0.3 is 12.0 Å². The molecule has 24 heavy (non-hydrogen) atoms. The summed E-state index contributed by atoms with van der Waals surface area (Å²) in [5, 5.41) is 13.2. The lowest BCUT2D eigenvalue weighted by Crippen LogP contribution is -2.49. The Labute approximate surface area is 140 Å². The number of H-pyrrole nitrogens is 1. The van der Waals surface area contributed by atoms with Crippen LogP contribution in [0.1, 0.15) is 31.2 Å². The second kappa shape index (κ2) is 7.38. The van der Waals surface area contributed by atoms with E-state index >= 15 is 0 Å². The molecule has 0 aliphatic carbocycles. The molecule has 1 saturated heterocycles. The summed E-state index contributed by atoms with van der Waals surface area (Å²) < 4.78 is 0. The van der Waals surface area contributed by atoms with Gasteiger partial charge in [-0.3, -0.25) is 0 Å².